The summed E-state index contributed by atoms with van der Waals surface area (Å²) in [6, 6.07) is 0. The van der Waals surface area contributed by atoms with Crippen LogP contribution in [0.25, 0.3) is 0 Å². The summed E-state index contributed by atoms with van der Waals surface area (Å²) < 4.78 is 5.57. The highest BCUT2D eigenvalue weighted by atomic mass is 16.6. The molecule has 0 spiro atoms. The molecule has 2 nitrogen and oxygen atoms in total. The maximum absolute atomic E-state index is 12.3. The molecular formula is C25H50O2. The molecule has 0 heterocycles. The van der Waals surface area contributed by atoms with Crippen molar-refractivity contribution in [3.05, 3.63) is 0 Å². The Morgan fingerprint density at radius 1 is 0.667 bits per heavy atom. The van der Waals surface area contributed by atoms with Gasteiger partial charge in [-0.3, -0.25) is 4.79 Å². The number of carbonyl (C=O) groups excluding carboxylic acids is 1. The van der Waals surface area contributed by atoms with E-state index in [1.165, 1.54) is 103 Å². The van der Waals surface area contributed by atoms with Crippen LogP contribution in [0, 0.1) is 5.92 Å². The van der Waals surface area contributed by atoms with E-state index in [0.29, 0.717) is 12.3 Å². The zero-order valence-electron chi connectivity index (χ0n) is 19.4. The van der Waals surface area contributed by atoms with Crippen LogP contribution in [0.3, 0.4) is 0 Å². The van der Waals surface area contributed by atoms with Crippen molar-refractivity contribution < 1.29 is 9.53 Å². The van der Waals surface area contributed by atoms with E-state index in [4.69, 9.17) is 4.74 Å². The maximum atomic E-state index is 12.3. The van der Waals surface area contributed by atoms with Crippen LogP contribution in [0.2, 0.25) is 0 Å². The summed E-state index contributed by atoms with van der Waals surface area (Å²) in [6.45, 7) is 10.4. The van der Waals surface area contributed by atoms with E-state index in [1.807, 2.05) is 20.8 Å². The van der Waals surface area contributed by atoms with Gasteiger partial charge in [-0.15, -0.1) is 0 Å². The Hall–Kier alpha value is -0.530. The summed E-state index contributed by atoms with van der Waals surface area (Å²) >= 11 is 0. The SMILES string of the molecule is CCCCCCCCCCC(CCCCCCCC)CC(=O)OC(C)(C)C. The molecule has 0 fully saturated rings. The standard InChI is InChI=1S/C25H50O2/c1-6-8-10-12-14-15-17-19-21-23(20-18-16-13-11-9-7-2)22-24(26)27-25(3,4)5/h23H,6-22H2,1-5H3. The van der Waals surface area contributed by atoms with Crippen LogP contribution < -0.4 is 0 Å². The predicted octanol–water partition coefficient (Wildman–Crippen LogP) is 8.62. The lowest BCUT2D eigenvalue weighted by molar-refractivity contribution is -0.156. The Morgan fingerprint density at radius 3 is 1.41 bits per heavy atom. The lowest BCUT2D eigenvalue weighted by Crippen LogP contribution is -2.25. The van der Waals surface area contributed by atoms with E-state index in [1.54, 1.807) is 0 Å². The average molecular weight is 383 g/mol. The monoisotopic (exact) mass is 382 g/mol. The molecule has 0 aliphatic carbocycles. The number of carbonyl (C=O) groups is 1. The molecule has 0 bridgehead atoms. The van der Waals surface area contributed by atoms with Crippen molar-refractivity contribution in [3.8, 4) is 0 Å². The molecule has 0 saturated heterocycles. The fourth-order valence-electron chi connectivity index (χ4n) is 3.75. The molecule has 2 heteroatoms. The van der Waals surface area contributed by atoms with E-state index in [0.717, 1.165) is 0 Å². The summed E-state index contributed by atoms with van der Waals surface area (Å²) in [4.78, 5) is 12.3. The van der Waals surface area contributed by atoms with Gasteiger partial charge in [0, 0.05) is 6.42 Å². The second kappa shape index (κ2) is 17.6. The first-order valence-electron chi connectivity index (χ1n) is 12.1. The van der Waals surface area contributed by atoms with Gasteiger partial charge in [0.05, 0.1) is 0 Å². The molecule has 0 aliphatic rings. The summed E-state index contributed by atoms with van der Waals surface area (Å²) in [5.74, 6) is 0.518. The fourth-order valence-corrected chi connectivity index (χ4v) is 3.75. The average Bonchev–Trinajstić information content (AvgIpc) is 2.58. The minimum absolute atomic E-state index is 0.00181. The van der Waals surface area contributed by atoms with E-state index in [9.17, 15) is 4.79 Å². The fraction of sp³-hybridized carbons (Fsp3) is 0.960. The molecule has 0 aromatic heterocycles. The Balaban J connectivity index is 4.06. The number of rotatable bonds is 18. The van der Waals surface area contributed by atoms with E-state index < -0.39 is 0 Å². The Bertz CT molecular complexity index is 330. The number of ether oxygens (including phenoxy) is 1. The van der Waals surface area contributed by atoms with Gasteiger partial charge >= 0.3 is 5.97 Å². The van der Waals surface area contributed by atoms with Gasteiger partial charge in [-0.05, 0) is 39.5 Å². The Morgan fingerprint density at radius 2 is 1.04 bits per heavy atom. The number of hydrogen-bond donors (Lipinski definition) is 0. The van der Waals surface area contributed by atoms with Crippen molar-refractivity contribution in [1.82, 2.24) is 0 Å². The Labute approximate surface area is 171 Å². The molecule has 0 aromatic rings. The molecule has 1 atom stereocenters. The lowest BCUT2D eigenvalue weighted by Gasteiger charge is -2.22. The van der Waals surface area contributed by atoms with Crippen molar-refractivity contribution in [1.29, 1.82) is 0 Å². The lowest BCUT2D eigenvalue weighted by atomic mass is 9.91. The molecule has 162 valence electrons. The van der Waals surface area contributed by atoms with E-state index in [-0.39, 0.29) is 11.6 Å². The highest BCUT2D eigenvalue weighted by molar-refractivity contribution is 5.70. The molecule has 0 saturated carbocycles. The van der Waals surface area contributed by atoms with Gasteiger partial charge in [-0.1, -0.05) is 104 Å². The molecular weight excluding hydrogens is 332 g/mol. The molecule has 0 aromatic carbocycles. The highest BCUT2D eigenvalue weighted by Gasteiger charge is 2.20. The smallest absolute Gasteiger partial charge is 0.306 e. The number of unbranched alkanes of at least 4 members (excludes halogenated alkanes) is 12. The topological polar surface area (TPSA) is 26.3 Å². The highest BCUT2D eigenvalue weighted by Crippen LogP contribution is 2.24. The summed E-state index contributed by atoms with van der Waals surface area (Å²) in [7, 11) is 0. The van der Waals surface area contributed by atoms with Crippen molar-refractivity contribution in [2.45, 2.75) is 149 Å². The second-order valence-corrected chi connectivity index (χ2v) is 9.48. The normalized spacial score (nSPS) is 12.9. The first-order chi connectivity index (χ1) is 12.9. The van der Waals surface area contributed by atoms with Gasteiger partial charge in [0.25, 0.3) is 0 Å². The van der Waals surface area contributed by atoms with Gasteiger partial charge in [0.2, 0.25) is 0 Å². The first kappa shape index (κ1) is 26.5. The van der Waals surface area contributed by atoms with Gasteiger partial charge in [-0.2, -0.15) is 0 Å². The van der Waals surface area contributed by atoms with Crippen molar-refractivity contribution in [3.63, 3.8) is 0 Å². The molecule has 0 amide bonds. The summed E-state index contributed by atoms with van der Waals surface area (Å²) in [5.41, 5.74) is -0.361. The Kier molecular flexibility index (Phi) is 17.2. The van der Waals surface area contributed by atoms with Gasteiger partial charge in [0.1, 0.15) is 5.60 Å². The minimum atomic E-state index is -0.361. The quantitative estimate of drug-likeness (QED) is 0.175. The zero-order valence-corrected chi connectivity index (χ0v) is 19.4. The van der Waals surface area contributed by atoms with E-state index in [2.05, 4.69) is 13.8 Å². The summed E-state index contributed by atoms with van der Waals surface area (Å²) in [6.07, 6.45) is 21.8. The van der Waals surface area contributed by atoms with Crippen molar-refractivity contribution in [2.75, 3.05) is 0 Å². The molecule has 0 rings (SSSR count). The van der Waals surface area contributed by atoms with Crippen LogP contribution in [-0.4, -0.2) is 11.6 Å². The van der Waals surface area contributed by atoms with Crippen LogP contribution in [-0.2, 0) is 9.53 Å². The predicted molar refractivity (Wildman–Crippen MR) is 119 cm³/mol. The van der Waals surface area contributed by atoms with Crippen LogP contribution in [0.5, 0.6) is 0 Å². The van der Waals surface area contributed by atoms with Crippen LogP contribution in [0.4, 0.5) is 0 Å². The van der Waals surface area contributed by atoms with Crippen molar-refractivity contribution >= 4 is 5.97 Å². The maximum Gasteiger partial charge on any atom is 0.306 e. The largest absolute Gasteiger partial charge is 0.460 e. The molecule has 0 N–H and O–H groups in total. The van der Waals surface area contributed by atoms with Gasteiger partial charge in [0.15, 0.2) is 0 Å². The number of esters is 1. The molecule has 0 radical (unpaired) electrons. The van der Waals surface area contributed by atoms with Gasteiger partial charge < -0.3 is 4.74 Å². The summed E-state index contributed by atoms with van der Waals surface area (Å²) in [5, 5.41) is 0. The van der Waals surface area contributed by atoms with Crippen LogP contribution in [0.15, 0.2) is 0 Å². The third kappa shape index (κ3) is 20.0. The van der Waals surface area contributed by atoms with Gasteiger partial charge in [-0.25, -0.2) is 0 Å². The molecule has 1 unspecified atom stereocenters. The number of hydrogen-bond acceptors (Lipinski definition) is 2. The molecule has 27 heavy (non-hydrogen) atoms. The van der Waals surface area contributed by atoms with Crippen LogP contribution in [0.1, 0.15) is 144 Å². The van der Waals surface area contributed by atoms with Crippen molar-refractivity contribution in [2.24, 2.45) is 5.92 Å². The van der Waals surface area contributed by atoms with E-state index >= 15 is 0 Å². The third-order valence-electron chi connectivity index (χ3n) is 5.31. The van der Waals surface area contributed by atoms with Crippen LogP contribution >= 0.6 is 0 Å². The first-order valence-corrected chi connectivity index (χ1v) is 12.1. The zero-order chi connectivity index (χ0) is 20.4. The third-order valence-corrected chi connectivity index (χ3v) is 5.31. The molecule has 0 aliphatic heterocycles. The second-order valence-electron chi connectivity index (χ2n) is 9.48. The minimum Gasteiger partial charge on any atom is -0.460 e.